The smallest absolute Gasteiger partial charge is 0.266 e. The van der Waals surface area contributed by atoms with E-state index in [1.54, 1.807) is 6.07 Å². The number of anilines is 1. The van der Waals surface area contributed by atoms with Gasteiger partial charge in [0.15, 0.2) is 11.9 Å². The van der Waals surface area contributed by atoms with Gasteiger partial charge in [0.25, 0.3) is 5.91 Å². The number of nitrogens with two attached hydrogens (primary N) is 1. The molecule has 3 aromatic carbocycles. The van der Waals surface area contributed by atoms with Crippen molar-refractivity contribution in [1.82, 2.24) is 0 Å². The summed E-state index contributed by atoms with van der Waals surface area (Å²) in [5.74, 6) is -0.535. The molecule has 1 aliphatic heterocycles. The summed E-state index contributed by atoms with van der Waals surface area (Å²) in [6.45, 7) is 1.79. The zero-order chi connectivity index (χ0) is 20.4. The zero-order valence-electron chi connectivity index (χ0n) is 16.1. The molecule has 0 fully saturated rings. The van der Waals surface area contributed by atoms with Crippen LogP contribution in [0.25, 0.3) is 0 Å². The first-order valence-electron chi connectivity index (χ1n) is 9.44. The number of hydrogen-bond acceptors (Lipinski definition) is 4. The van der Waals surface area contributed by atoms with E-state index in [9.17, 15) is 9.59 Å². The number of para-hydroxylation sites is 1. The lowest BCUT2D eigenvalue weighted by Crippen LogP contribution is -2.44. The van der Waals surface area contributed by atoms with Crippen LogP contribution in [0.5, 0.6) is 0 Å². The van der Waals surface area contributed by atoms with Gasteiger partial charge < -0.3 is 10.6 Å². The predicted octanol–water partition coefficient (Wildman–Crippen LogP) is 3.35. The predicted molar refractivity (Wildman–Crippen MR) is 114 cm³/mol. The van der Waals surface area contributed by atoms with Crippen molar-refractivity contribution >= 4 is 23.1 Å². The summed E-state index contributed by atoms with van der Waals surface area (Å²) < 4.78 is 0. The highest BCUT2D eigenvalue weighted by Gasteiger charge is 2.31. The van der Waals surface area contributed by atoms with Gasteiger partial charge in [0, 0.05) is 16.7 Å². The first kappa shape index (κ1) is 18.8. The van der Waals surface area contributed by atoms with Crippen LogP contribution in [-0.2, 0) is 4.79 Å². The summed E-state index contributed by atoms with van der Waals surface area (Å²) in [4.78, 5) is 32.0. The number of aryl methyl sites for hydroxylation is 1. The fourth-order valence-corrected chi connectivity index (χ4v) is 3.56. The van der Waals surface area contributed by atoms with Crippen molar-refractivity contribution in [2.45, 2.75) is 13.1 Å². The summed E-state index contributed by atoms with van der Waals surface area (Å²) >= 11 is 0. The van der Waals surface area contributed by atoms with Crippen LogP contribution in [0.4, 0.5) is 5.69 Å². The Bertz CT molecular complexity index is 1110. The normalized spacial score (nSPS) is 16.1. The third kappa shape index (κ3) is 3.60. The van der Waals surface area contributed by atoms with E-state index >= 15 is 0 Å². The summed E-state index contributed by atoms with van der Waals surface area (Å²) in [7, 11) is 0. The largest absolute Gasteiger partial charge is 0.302 e. The highest BCUT2D eigenvalue weighted by atomic mass is 16.2. The fourth-order valence-electron chi connectivity index (χ4n) is 3.56. The lowest BCUT2D eigenvalue weighted by Gasteiger charge is -2.24. The van der Waals surface area contributed by atoms with Gasteiger partial charge in [-0.15, -0.1) is 0 Å². The average molecular weight is 383 g/mol. The third-order valence-corrected chi connectivity index (χ3v) is 5.03. The van der Waals surface area contributed by atoms with Crippen LogP contribution < -0.4 is 10.6 Å². The first-order valence-corrected chi connectivity index (χ1v) is 9.44. The monoisotopic (exact) mass is 383 g/mol. The average Bonchev–Trinajstić information content (AvgIpc) is 2.85. The Morgan fingerprint density at radius 3 is 2.38 bits per heavy atom. The molecule has 0 aromatic heterocycles. The molecule has 4 rings (SSSR count). The van der Waals surface area contributed by atoms with Crippen molar-refractivity contribution < 1.29 is 9.59 Å². The molecule has 1 unspecified atom stereocenters. The van der Waals surface area contributed by atoms with Crippen molar-refractivity contribution in [1.29, 1.82) is 0 Å². The number of rotatable bonds is 4. The van der Waals surface area contributed by atoms with Gasteiger partial charge >= 0.3 is 0 Å². The van der Waals surface area contributed by atoms with Crippen LogP contribution >= 0.6 is 0 Å². The van der Waals surface area contributed by atoms with Crippen LogP contribution in [-0.4, -0.2) is 30.1 Å². The minimum atomic E-state index is -1.08. The van der Waals surface area contributed by atoms with Gasteiger partial charge in [0.05, 0.1) is 17.9 Å². The SMILES string of the molecule is Cc1ccccc1C(=O)CN1C(=O)C(N)N=C(c2ccccc2)c2ccccc21. The molecule has 1 heterocycles. The first-order chi connectivity index (χ1) is 14.1. The number of carbonyl (C=O) groups excluding carboxylic acids is 2. The number of fused-ring (bicyclic) bond motifs is 1. The second-order valence-electron chi connectivity index (χ2n) is 6.97. The van der Waals surface area contributed by atoms with E-state index in [0.717, 1.165) is 16.7 Å². The molecule has 5 nitrogen and oxygen atoms in total. The van der Waals surface area contributed by atoms with Gasteiger partial charge in [-0.1, -0.05) is 72.8 Å². The van der Waals surface area contributed by atoms with Gasteiger partial charge in [-0.05, 0) is 18.6 Å². The van der Waals surface area contributed by atoms with Crippen molar-refractivity contribution in [2.75, 3.05) is 11.4 Å². The third-order valence-electron chi connectivity index (χ3n) is 5.03. The lowest BCUT2D eigenvalue weighted by molar-refractivity contribution is -0.119. The van der Waals surface area contributed by atoms with Gasteiger partial charge in [-0.3, -0.25) is 14.6 Å². The van der Waals surface area contributed by atoms with Crippen molar-refractivity contribution in [3.63, 3.8) is 0 Å². The number of ketones is 1. The number of aliphatic imine (C=N–C) groups is 1. The molecular formula is C24H21N3O2. The van der Waals surface area contributed by atoms with E-state index in [4.69, 9.17) is 5.73 Å². The Balaban J connectivity index is 1.78. The van der Waals surface area contributed by atoms with Crippen LogP contribution in [0.2, 0.25) is 0 Å². The van der Waals surface area contributed by atoms with E-state index in [0.29, 0.717) is 17.0 Å². The van der Waals surface area contributed by atoms with Crippen LogP contribution in [0.1, 0.15) is 27.0 Å². The van der Waals surface area contributed by atoms with Crippen molar-refractivity contribution in [3.05, 3.63) is 101 Å². The number of benzodiazepines with no additional fused rings is 1. The maximum atomic E-state index is 13.1. The minimum Gasteiger partial charge on any atom is -0.302 e. The molecule has 0 saturated carbocycles. The van der Waals surface area contributed by atoms with Crippen LogP contribution in [0.3, 0.4) is 0 Å². The van der Waals surface area contributed by atoms with Crippen molar-refractivity contribution in [3.8, 4) is 0 Å². The van der Waals surface area contributed by atoms with Crippen LogP contribution in [0.15, 0.2) is 83.9 Å². The summed E-state index contributed by atoms with van der Waals surface area (Å²) in [5, 5.41) is 0. The number of nitrogens with zero attached hydrogens (tertiary/aromatic N) is 2. The molecule has 0 spiro atoms. The van der Waals surface area contributed by atoms with E-state index < -0.39 is 12.1 Å². The number of Topliss-reactive ketones (excluding diaryl/α,β-unsaturated/α-hetero) is 1. The van der Waals surface area contributed by atoms with E-state index in [1.807, 2.05) is 79.7 Å². The number of hydrogen-bond donors (Lipinski definition) is 1. The Morgan fingerprint density at radius 2 is 1.62 bits per heavy atom. The number of benzene rings is 3. The quantitative estimate of drug-likeness (QED) is 0.702. The Labute approximate surface area is 169 Å². The van der Waals surface area contributed by atoms with Crippen LogP contribution in [0, 0.1) is 6.92 Å². The number of carbonyl (C=O) groups is 2. The molecule has 0 bridgehead atoms. The molecule has 144 valence electrons. The Morgan fingerprint density at radius 1 is 0.966 bits per heavy atom. The molecule has 0 saturated heterocycles. The fraction of sp³-hybridized carbons (Fsp3) is 0.125. The van der Waals surface area contributed by atoms with E-state index in [-0.39, 0.29) is 12.3 Å². The highest BCUT2D eigenvalue weighted by Crippen LogP contribution is 2.28. The molecule has 0 radical (unpaired) electrons. The second kappa shape index (κ2) is 7.81. The maximum absolute atomic E-state index is 13.1. The molecule has 3 aromatic rings. The minimum absolute atomic E-state index is 0.0913. The standard InChI is InChI=1S/C24H21N3O2/c1-16-9-5-6-12-18(16)21(28)15-27-20-14-8-7-13-19(20)22(26-23(25)24(27)29)17-10-3-2-4-11-17/h2-14,23H,15,25H2,1H3. The maximum Gasteiger partial charge on any atom is 0.266 e. The van der Waals surface area contributed by atoms with E-state index in [1.165, 1.54) is 4.90 Å². The molecule has 1 amide bonds. The molecule has 2 N–H and O–H groups in total. The van der Waals surface area contributed by atoms with Gasteiger partial charge in [-0.2, -0.15) is 0 Å². The molecule has 29 heavy (non-hydrogen) atoms. The number of amides is 1. The summed E-state index contributed by atoms with van der Waals surface area (Å²) in [6, 6.07) is 24.4. The zero-order valence-corrected chi connectivity index (χ0v) is 16.1. The molecule has 5 heteroatoms. The molecule has 1 atom stereocenters. The Hall–Kier alpha value is -3.57. The van der Waals surface area contributed by atoms with Gasteiger partial charge in [0.2, 0.25) is 0 Å². The van der Waals surface area contributed by atoms with Crippen molar-refractivity contribution in [2.24, 2.45) is 10.7 Å². The molecule has 1 aliphatic rings. The summed E-state index contributed by atoms with van der Waals surface area (Å²) in [6.07, 6.45) is -1.08. The van der Waals surface area contributed by atoms with Gasteiger partial charge in [-0.25, -0.2) is 0 Å². The Kier molecular flexibility index (Phi) is 5.06. The van der Waals surface area contributed by atoms with E-state index in [2.05, 4.69) is 4.99 Å². The second-order valence-corrected chi connectivity index (χ2v) is 6.97. The topological polar surface area (TPSA) is 75.8 Å². The summed E-state index contributed by atoms with van der Waals surface area (Å²) in [5.41, 5.74) is 10.5. The highest BCUT2D eigenvalue weighted by molar-refractivity contribution is 6.21. The lowest BCUT2D eigenvalue weighted by atomic mass is 9.99. The molecular weight excluding hydrogens is 362 g/mol. The van der Waals surface area contributed by atoms with Gasteiger partial charge in [0.1, 0.15) is 0 Å². The molecule has 0 aliphatic carbocycles.